The van der Waals surface area contributed by atoms with Crippen LogP contribution >= 0.6 is 0 Å². The van der Waals surface area contributed by atoms with E-state index in [4.69, 9.17) is 0 Å². The van der Waals surface area contributed by atoms with Gasteiger partial charge in [-0.15, -0.1) is 0 Å². The second-order valence-corrected chi connectivity index (χ2v) is 16.4. The third-order valence-electron chi connectivity index (χ3n) is 12.3. The highest BCUT2D eigenvalue weighted by Gasteiger charge is 2.32. The molecule has 0 N–H and O–H groups in total. The number of nitrogens with zero attached hydrogens (tertiary/aromatic N) is 2. The van der Waals surface area contributed by atoms with Crippen molar-refractivity contribution in [2.24, 2.45) is 0 Å². The molecule has 9 aromatic rings. The summed E-state index contributed by atoms with van der Waals surface area (Å²) in [5.74, 6) is 0. The molecular weight excluding hydrogens is 761 g/mol. The zero-order chi connectivity index (χ0) is 42.4. The molecule has 302 valence electrons. The van der Waals surface area contributed by atoms with Crippen molar-refractivity contribution >= 4 is 34.0 Å². The first-order valence-corrected chi connectivity index (χ1v) is 21.8. The first-order valence-electron chi connectivity index (χ1n) is 21.8. The molecule has 10 rings (SSSR count). The summed E-state index contributed by atoms with van der Waals surface area (Å²) in [6, 6.07) is 87.2. The van der Waals surface area contributed by atoms with Crippen LogP contribution in [0.1, 0.15) is 18.9 Å². The topological polar surface area (TPSA) is 6.48 Å². The molecular formula is C61H48N2. The molecule has 9 aromatic carbocycles. The van der Waals surface area contributed by atoms with Crippen LogP contribution in [0.2, 0.25) is 0 Å². The van der Waals surface area contributed by atoms with Gasteiger partial charge in [-0.05, 0) is 130 Å². The highest BCUT2D eigenvalue weighted by Crippen LogP contribution is 2.42. The van der Waals surface area contributed by atoms with Crippen molar-refractivity contribution in [1.29, 1.82) is 0 Å². The number of anilines is 5. The Hall–Kier alpha value is -7.94. The molecule has 0 amide bonds. The Kier molecular flexibility index (Phi) is 10.9. The minimum absolute atomic E-state index is 0.305. The monoisotopic (exact) mass is 808 g/mol. The zero-order valence-corrected chi connectivity index (χ0v) is 35.4. The average molecular weight is 809 g/mol. The molecule has 1 atom stereocenters. The lowest BCUT2D eigenvalue weighted by Gasteiger charge is -2.42. The fourth-order valence-electron chi connectivity index (χ4n) is 8.83. The predicted octanol–water partition coefficient (Wildman–Crippen LogP) is 16.8. The number of hydrogen-bond donors (Lipinski definition) is 0. The van der Waals surface area contributed by atoms with Crippen LogP contribution in [0.4, 0.5) is 28.4 Å². The minimum atomic E-state index is -0.305. The van der Waals surface area contributed by atoms with E-state index in [2.05, 4.69) is 278 Å². The van der Waals surface area contributed by atoms with Gasteiger partial charge in [0.25, 0.3) is 0 Å². The SMILES string of the molecule is CC1(N(c2ccc(-c3ccccc3)cc2)c2ccc(-c3ccccc3)cc2)C=CC(c2ccc(N(c3ccc(-c4ccccc4)cc3)c3ccc(-c4ccccc4)cc3)cc2)=CC1. The van der Waals surface area contributed by atoms with E-state index in [1.54, 1.807) is 0 Å². The number of hydrogen-bond acceptors (Lipinski definition) is 2. The number of allylic oxidation sites excluding steroid dienone is 2. The maximum Gasteiger partial charge on any atom is 0.0643 e. The van der Waals surface area contributed by atoms with E-state index >= 15 is 0 Å². The quantitative estimate of drug-likeness (QED) is 0.128. The van der Waals surface area contributed by atoms with Crippen LogP contribution in [0.3, 0.4) is 0 Å². The Morgan fingerprint density at radius 2 is 0.571 bits per heavy atom. The maximum absolute atomic E-state index is 2.49. The van der Waals surface area contributed by atoms with E-state index in [0.717, 1.165) is 34.9 Å². The maximum atomic E-state index is 2.49. The Morgan fingerprint density at radius 3 is 0.857 bits per heavy atom. The second kappa shape index (κ2) is 17.6. The van der Waals surface area contributed by atoms with Crippen molar-refractivity contribution in [3.63, 3.8) is 0 Å². The van der Waals surface area contributed by atoms with E-state index in [1.807, 2.05) is 0 Å². The Bertz CT molecular complexity index is 2790. The molecule has 2 nitrogen and oxygen atoms in total. The normalized spacial score (nSPS) is 14.5. The first kappa shape index (κ1) is 39.2. The first-order chi connectivity index (χ1) is 31.1. The van der Waals surface area contributed by atoms with E-state index in [0.29, 0.717) is 0 Å². The van der Waals surface area contributed by atoms with E-state index < -0.39 is 0 Å². The van der Waals surface area contributed by atoms with Crippen molar-refractivity contribution < 1.29 is 0 Å². The van der Waals surface area contributed by atoms with Gasteiger partial charge in [-0.2, -0.15) is 0 Å². The molecule has 0 aliphatic heterocycles. The van der Waals surface area contributed by atoms with Gasteiger partial charge >= 0.3 is 0 Å². The third kappa shape index (κ3) is 8.40. The molecule has 2 heteroatoms. The summed E-state index contributed by atoms with van der Waals surface area (Å²) in [7, 11) is 0. The summed E-state index contributed by atoms with van der Waals surface area (Å²) >= 11 is 0. The molecule has 0 fully saturated rings. The van der Waals surface area contributed by atoms with E-state index in [9.17, 15) is 0 Å². The Balaban J connectivity index is 0.946. The van der Waals surface area contributed by atoms with Crippen LogP contribution < -0.4 is 9.80 Å². The summed E-state index contributed by atoms with van der Waals surface area (Å²) < 4.78 is 0. The van der Waals surface area contributed by atoms with Gasteiger partial charge in [0.05, 0.1) is 5.54 Å². The average Bonchev–Trinajstić information content (AvgIpc) is 3.36. The van der Waals surface area contributed by atoms with Crippen LogP contribution in [0.15, 0.2) is 261 Å². The standard InChI is InChI=1S/C61H48N2/c1-61(63(59-38-28-52(29-39-59)48-18-10-4-11-19-48)60-40-30-53(31-41-60)49-20-12-5-13-21-49)44-42-55(43-45-61)54-26-36-58(37-27-54)62(56-32-22-50(23-33-56)46-14-6-2-7-15-46)57-34-24-51(25-35-57)47-16-8-3-9-17-47/h2-44H,45H2,1H3. The number of rotatable bonds is 11. The Labute approximate surface area is 372 Å². The van der Waals surface area contributed by atoms with Gasteiger partial charge in [0.1, 0.15) is 0 Å². The molecule has 1 aliphatic carbocycles. The fourth-order valence-corrected chi connectivity index (χ4v) is 8.83. The van der Waals surface area contributed by atoms with Crippen LogP contribution in [0, 0.1) is 0 Å². The van der Waals surface area contributed by atoms with Crippen molar-refractivity contribution in [3.8, 4) is 44.5 Å². The van der Waals surface area contributed by atoms with Crippen molar-refractivity contribution in [3.05, 3.63) is 266 Å². The van der Waals surface area contributed by atoms with Gasteiger partial charge in [0, 0.05) is 28.4 Å². The molecule has 0 saturated carbocycles. The lowest BCUT2D eigenvalue weighted by Crippen LogP contribution is -2.42. The molecule has 0 saturated heterocycles. The summed E-state index contributed by atoms with van der Waals surface area (Å²) in [6.07, 6.45) is 7.95. The summed E-state index contributed by atoms with van der Waals surface area (Å²) in [5.41, 5.74) is 17.4. The smallest absolute Gasteiger partial charge is 0.0643 e. The molecule has 1 aliphatic rings. The summed E-state index contributed by atoms with van der Waals surface area (Å²) in [4.78, 5) is 4.84. The second-order valence-electron chi connectivity index (χ2n) is 16.4. The highest BCUT2D eigenvalue weighted by molar-refractivity contribution is 5.83. The van der Waals surface area contributed by atoms with Gasteiger partial charge in [0.15, 0.2) is 0 Å². The molecule has 0 radical (unpaired) electrons. The van der Waals surface area contributed by atoms with Crippen LogP contribution in [0.5, 0.6) is 0 Å². The lowest BCUT2D eigenvalue weighted by molar-refractivity contribution is 0.571. The van der Waals surface area contributed by atoms with Crippen LogP contribution in [0.25, 0.3) is 50.1 Å². The van der Waals surface area contributed by atoms with Gasteiger partial charge < -0.3 is 9.80 Å². The molecule has 0 heterocycles. The van der Waals surface area contributed by atoms with Gasteiger partial charge in [0.2, 0.25) is 0 Å². The Morgan fingerprint density at radius 1 is 0.302 bits per heavy atom. The molecule has 63 heavy (non-hydrogen) atoms. The summed E-state index contributed by atoms with van der Waals surface area (Å²) in [6.45, 7) is 2.35. The molecule has 0 spiro atoms. The zero-order valence-electron chi connectivity index (χ0n) is 35.4. The van der Waals surface area contributed by atoms with Gasteiger partial charge in [-0.1, -0.05) is 200 Å². The predicted molar refractivity (Wildman–Crippen MR) is 268 cm³/mol. The van der Waals surface area contributed by atoms with E-state index in [-0.39, 0.29) is 5.54 Å². The highest BCUT2D eigenvalue weighted by atomic mass is 15.2. The lowest BCUT2D eigenvalue weighted by atomic mass is 9.85. The van der Waals surface area contributed by atoms with Gasteiger partial charge in [-0.25, -0.2) is 0 Å². The van der Waals surface area contributed by atoms with Crippen molar-refractivity contribution in [1.82, 2.24) is 0 Å². The van der Waals surface area contributed by atoms with E-state index in [1.165, 1.54) is 55.6 Å². The van der Waals surface area contributed by atoms with Crippen molar-refractivity contribution in [2.45, 2.75) is 18.9 Å². The third-order valence-corrected chi connectivity index (χ3v) is 12.3. The van der Waals surface area contributed by atoms with Crippen molar-refractivity contribution in [2.75, 3.05) is 9.80 Å². The molecule has 0 aromatic heterocycles. The molecule has 1 unspecified atom stereocenters. The minimum Gasteiger partial charge on any atom is -0.332 e. The fraction of sp³-hybridized carbons (Fsp3) is 0.0492. The van der Waals surface area contributed by atoms with Gasteiger partial charge in [-0.3, -0.25) is 0 Å². The van der Waals surface area contributed by atoms with Crippen LogP contribution in [-0.2, 0) is 0 Å². The largest absolute Gasteiger partial charge is 0.332 e. The van der Waals surface area contributed by atoms with Crippen LogP contribution in [-0.4, -0.2) is 5.54 Å². The summed E-state index contributed by atoms with van der Waals surface area (Å²) in [5, 5.41) is 0. The number of benzene rings is 9. The molecule has 0 bridgehead atoms.